The van der Waals surface area contributed by atoms with Crippen molar-refractivity contribution in [2.45, 2.75) is 98.0 Å². The number of rotatable bonds is 7. The van der Waals surface area contributed by atoms with Crippen LogP contribution in [0.3, 0.4) is 0 Å². The van der Waals surface area contributed by atoms with Crippen LogP contribution in [0.1, 0.15) is 92.4 Å². The molecule has 2 atom stereocenters. The van der Waals surface area contributed by atoms with Gasteiger partial charge in [0.1, 0.15) is 0 Å². The highest BCUT2D eigenvalue weighted by Gasteiger charge is 2.63. The van der Waals surface area contributed by atoms with Crippen LogP contribution in [-0.2, 0) is 9.53 Å². The zero-order valence-electron chi connectivity index (χ0n) is 17.0. The van der Waals surface area contributed by atoms with Crippen molar-refractivity contribution in [2.24, 2.45) is 28.1 Å². The molecule has 0 aromatic rings. The van der Waals surface area contributed by atoms with E-state index in [-0.39, 0.29) is 16.8 Å². The zero-order chi connectivity index (χ0) is 18.5. The van der Waals surface area contributed by atoms with Gasteiger partial charge < -0.3 is 9.84 Å². The Kier molecular flexibility index (Phi) is 4.80. The molecule has 144 valence electrons. The molecule has 3 nitrogen and oxygen atoms in total. The summed E-state index contributed by atoms with van der Waals surface area (Å²) < 4.78 is 5.89. The Morgan fingerprint density at radius 2 is 1.60 bits per heavy atom. The molecule has 0 aromatic carbocycles. The Labute approximate surface area is 153 Å². The monoisotopic (exact) mass is 350 g/mol. The summed E-state index contributed by atoms with van der Waals surface area (Å²) in [5.41, 5.74) is -0.786. The summed E-state index contributed by atoms with van der Waals surface area (Å²) in [4.78, 5) is 12.5. The van der Waals surface area contributed by atoms with Crippen LogP contribution in [-0.4, -0.2) is 23.3 Å². The number of carbonyl (C=O) groups excluding carboxylic acids is 1. The molecule has 3 heteroatoms. The van der Waals surface area contributed by atoms with Crippen LogP contribution in [0, 0.1) is 28.1 Å². The van der Waals surface area contributed by atoms with Gasteiger partial charge in [-0.1, -0.05) is 20.8 Å². The first-order valence-electron chi connectivity index (χ1n) is 10.5. The Hall–Kier alpha value is -0.570. The van der Waals surface area contributed by atoms with E-state index in [1.807, 2.05) is 20.8 Å². The highest BCUT2D eigenvalue weighted by molar-refractivity contribution is 5.75. The Balaban J connectivity index is 1.80. The lowest BCUT2D eigenvalue weighted by molar-refractivity contribution is -0.220. The van der Waals surface area contributed by atoms with E-state index in [4.69, 9.17) is 4.74 Å². The van der Waals surface area contributed by atoms with E-state index in [1.165, 1.54) is 32.1 Å². The molecule has 0 aliphatic heterocycles. The predicted molar refractivity (Wildman–Crippen MR) is 100 cm³/mol. The fraction of sp³-hybridized carbons (Fsp3) is 0.955. The standard InChI is InChI=1S/C22H38O3/c1-6-19(4,5)18(23)25-15-20-10-16-9-17(11-20)13-21(12-16,14-20)22(24,7-2)8-3/h16-17,24H,6-15H2,1-5H3. The van der Waals surface area contributed by atoms with Crippen molar-refractivity contribution >= 4 is 5.97 Å². The lowest BCUT2D eigenvalue weighted by atomic mass is 9.40. The third-order valence-electron chi connectivity index (χ3n) is 8.29. The minimum absolute atomic E-state index is 0.0489. The number of hydrogen-bond donors (Lipinski definition) is 1. The summed E-state index contributed by atoms with van der Waals surface area (Å²) in [7, 11) is 0. The first kappa shape index (κ1) is 19.2. The van der Waals surface area contributed by atoms with Gasteiger partial charge in [-0.25, -0.2) is 0 Å². The van der Waals surface area contributed by atoms with Crippen LogP contribution < -0.4 is 0 Å². The number of esters is 1. The molecule has 0 spiro atoms. The van der Waals surface area contributed by atoms with Crippen LogP contribution in [0.5, 0.6) is 0 Å². The Morgan fingerprint density at radius 1 is 1.04 bits per heavy atom. The van der Waals surface area contributed by atoms with Gasteiger partial charge in [0.05, 0.1) is 17.6 Å². The van der Waals surface area contributed by atoms with Gasteiger partial charge in [-0.15, -0.1) is 0 Å². The second-order valence-corrected chi connectivity index (χ2v) is 10.3. The van der Waals surface area contributed by atoms with E-state index >= 15 is 0 Å². The Bertz CT molecular complexity index is 503. The highest BCUT2D eigenvalue weighted by Crippen LogP contribution is 2.69. The second-order valence-electron chi connectivity index (χ2n) is 10.3. The first-order valence-corrected chi connectivity index (χ1v) is 10.5. The molecule has 4 rings (SSSR count). The van der Waals surface area contributed by atoms with Crippen LogP contribution in [0.15, 0.2) is 0 Å². The van der Waals surface area contributed by atoms with Crippen molar-refractivity contribution in [1.29, 1.82) is 0 Å². The molecule has 0 aromatic heterocycles. The fourth-order valence-corrected chi connectivity index (χ4v) is 6.72. The summed E-state index contributed by atoms with van der Waals surface area (Å²) in [5.74, 6) is 1.37. The van der Waals surface area contributed by atoms with Crippen LogP contribution in [0.2, 0.25) is 0 Å². The van der Waals surface area contributed by atoms with E-state index in [0.29, 0.717) is 18.4 Å². The number of ether oxygens (including phenoxy) is 1. The molecule has 0 amide bonds. The second kappa shape index (κ2) is 6.25. The molecular formula is C22H38O3. The molecule has 1 N–H and O–H groups in total. The van der Waals surface area contributed by atoms with Crippen LogP contribution in [0.4, 0.5) is 0 Å². The van der Waals surface area contributed by atoms with Gasteiger partial charge in [-0.3, -0.25) is 4.79 Å². The fourth-order valence-electron chi connectivity index (χ4n) is 6.72. The minimum Gasteiger partial charge on any atom is -0.465 e. The summed E-state index contributed by atoms with van der Waals surface area (Å²) in [6.45, 7) is 10.8. The van der Waals surface area contributed by atoms with E-state index in [9.17, 15) is 9.90 Å². The van der Waals surface area contributed by atoms with Crippen molar-refractivity contribution < 1.29 is 14.6 Å². The minimum atomic E-state index is -0.553. The topological polar surface area (TPSA) is 46.5 Å². The molecular weight excluding hydrogens is 312 g/mol. The van der Waals surface area contributed by atoms with Gasteiger partial charge in [0.15, 0.2) is 0 Å². The van der Waals surface area contributed by atoms with Crippen LogP contribution >= 0.6 is 0 Å². The molecule has 0 heterocycles. The smallest absolute Gasteiger partial charge is 0.311 e. The molecule has 4 aliphatic carbocycles. The normalized spacial score (nSPS) is 37.4. The lowest BCUT2D eigenvalue weighted by Gasteiger charge is -2.66. The summed E-state index contributed by atoms with van der Waals surface area (Å²) in [6.07, 6.45) is 9.58. The van der Waals surface area contributed by atoms with Crippen molar-refractivity contribution in [3.05, 3.63) is 0 Å². The average Bonchev–Trinajstić information content (AvgIpc) is 2.57. The third kappa shape index (κ3) is 3.05. The van der Waals surface area contributed by atoms with Crippen molar-refractivity contribution in [3.8, 4) is 0 Å². The quantitative estimate of drug-likeness (QED) is 0.650. The average molecular weight is 351 g/mol. The third-order valence-corrected chi connectivity index (χ3v) is 8.29. The van der Waals surface area contributed by atoms with Gasteiger partial charge in [-0.2, -0.15) is 0 Å². The van der Waals surface area contributed by atoms with E-state index in [2.05, 4.69) is 13.8 Å². The molecule has 4 aliphatic rings. The van der Waals surface area contributed by atoms with Gasteiger partial charge in [0.2, 0.25) is 0 Å². The molecule has 25 heavy (non-hydrogen) atoms. The van der Waals surface area contributed by atoms with Gasteiger partial charge >= 0.3 is 5.97 Å². The lowest BCUT2D eigenvalue weighted by Crippen LogP contribution is -2.62. The Morgan fingerprint density at radius 3 is 2.08 bits per heavy atom. The molecule has 4 saturated carbocycles. The summed E-state index contributed by atoms with van der Waals surface area (Å²) >= 11 is 0. The maximum atomic E-state index is 12.5. The van der Waals surface area contributed by atoms with Crippen molar-refractivity contribution in [1.82, 2.24) is 0 Å². The van der Waals surface area contributed by atoms with Gasteiger partial charge in [-0.05, 0) is 83.5 Å². The molecule has 0 radical (unpaired) electrons. The van der Waals surface area contributed by atoms with E-state index in [1.54, 1.807) is 0 Å². The van der Waals surface area contributed by atoms with E-state index in [0.717, 1.165) is 25.7 Å². The number of hydrogen-bond acceptors (Lipinski definition) is 3. The first-order chi connectivity index (χ1) is 11.6. The number of carbonyl (C=O) groups is 1. The maximum absolute atomic E-state index is 12.5. The van der Waals surface area contributed by atoms with Crippen molar-refractivity contribution in [3.63, 3.8) is 0 Å². The number of aliphatic hydroxyl groups is 1. The zero-order valence-corrected chi connectivity index (χ0v) is 17.0. The highest BCUT2D eigenvalue weighted by atomic mass is 16.5. The van der Waals surface area contributed by atoms with Gasteiger partial charge in [0.25, 0.3) is 0 Å². The molecule has 2 unspecified atom stereocenters. The summed E-state index contributed by atoms with van der Waals surface area (Å²) in [5, 5.41) is 11.4. The predicted octanol–water partition coefficient (Wildman–Crippen LogP) is 5.10. The summed E-state index contributed by atoms with van der Waals surface area (Å²) in [6, 6.07) is 0. The molecule has 4 bridgehead atoms. The molecule has 0 saturated heterocycles. The van der Waals surface area contributed by atoms with Crippen molar-refractivity contribution in [2.75, 3.05) is 6.61 Å². The largest absolute Gasteiger partial charge is 0.465 e. The van der Waals surface area contributed by atoms with E-state index < -0.39 is 11.0 Å². The SMILES string of the molecule is CCC(C)(C)C(=O)OCC12CC3CC(C1)CC(C(O)(CC)CC)(C3)C2. The van der Waals surface area contributed by atoms with Gasteiger partial charge in [0, 0.05) is 10.8 Å². The molecule has 4 fully saturated rings. The maximum Gasteiger partial charge on any atom is 0.311 e. The van der Waals surface area contributed by atoms with Crippen LogP contribution in [0.25, 0.3) is 0 Å².